The SMILES string of the molecule is NC(=O)C1=CC=CC(Cc2cccc(C(F)(F)F)c2)(C2CCNC2)C1. The minimum absolute atomic E-state index is 0.251. The molecule has 3 N–H and O–H groups in total. The van der Waals surface area contributed by atoms with Crippen LogP contribution in [0.2, 0.25) is 0 Å². The van der Waals surface area contributed by atoms with Gasteiger partial charge in [0.2, 0.25) is 5.91 Å². The van der Waals surface area contributed by atoms with Crippen LogP contribution in [0, 0.1) is 11.3 Å². The van der Waals surface area contributed by atoms with Gasteiger partial charge in [-0.25, -0.2) is 0 Å². The van der Waals surface area contributed by atoms with E-state index in [0.717, 1.165) is 25.6 Å². The van der Waals surface area contributed by atoms with E-state index < -0.39 is 23.1 Å². The van der Waals surface area contributed by atoms with E-state index in [1.807, 2.05) is 12.2 Å². The molecule has 0 bridgehead atoms. The zero-order valence-corrected chi connectivity index (χ0v) is 13.8. The third-order valence-corrected chi connectivity index (χ3v) is 5.22. The fraction of sp³-hybridized carbons (Fsp3) is 0.421. The summed E-state index contributed by atoms with van der Waals surface area (Å²) in [6, 6.07) is 5.45. The Bertz CT molecular complexity index is 718. The number of halogens is 3. The number of hydrogen-bond donors (Lipinski definition) is 2. The molecule has 1 aliphatic heterocycles. The molecule has 1 aromatic rings. The first-order chi connectivity index (χ1) is 11.8. The summed E-state index contributed by atoms with van der Waals surface area (Å²) < 4.78 is 39.0. The summed E-state index contributed by atoms with van der Waals surface area (Å²) in [6.07, 6.45) is 3.03. The fourth-order valence-corrected chi connectivity index (χ4v) is 3.93. The van der Waals surface area contributed by atoms with Crippen molar-refractivity contribution < 1.29 is 18.0 Å². The van der Waals surface area contributed by atoms with Crippen molar-refractivity contribution in [3.63, 3.8) is 0 Å². The summed E-state index contributed by atoms with van der Waals surface area (Å²) in [7, 11) is 0. The van der Waals surface area contributed by atoms with Crippen molar-refractivity contribution in [1.29, 1.82) is 0 Å². The molecule has 1 fully saturated rings. The maximum Gasteiger partial charge on any atom is 0.416 e. The number of nitrogens with two attached hydrogens (primary N) is 1. The smallest absolute Gasteiger partial charge is 0.366 e. The van der Waals surface area contributed by atoms with Crippen LogP contribution in [0.15, 0.2) is 48.1 Å². The molecule has 2 unspecified atom stereocenters. The lowest BCUT2D eigenvalue weighted by molar-refractivity contribution is -0.137. The standard InChI is InChI=1S/C19H21F3N2O/c20-19(21,22)15-5-1-3-13(9-15)10-18(16-6-8-24-12-16)7-2-4-14(11-18)17(23)25/h1-5,7,9,16,24H,6,8,10-12H2,(H2,23,25). The molecule has 3 nitrogen and oxygen atoms in total. The first-order valence-electron chi connectivity index (χ1n) is 8.35. The second-order valence-electron chi connectivity index (χ2n) is 6.89. The molecule has 2 aliphatic rings. The lowest BCUT2D eigenvalue weighted by atomic mass is 9.65. The second-order valence-corrected chi connectivity index (χ2v) is 6.89. The van der Waals surface area contributed by atoms with Gasteiger partial charge in [-0.3, -0.25) is 4.79 Å². The number of allylic oxidation sites excluding steroid dienone is 3. The Kier molecular flexibility index (Phi) is 4.73. The first kappa shape index (κ1) is 17.7. The highest BCUT2D eigenvalue weighted by atomic mass is 19.4. The van der Waals surface area contributed by atoms with Crippen LogP contribution in [-0.2, 0) is 17.4 Å². The van der Waals surface area contributed by atoms with Gasteiger partial charge in [-0.05, 0) is 49.9 Å². The van der Waals surface area contributed by atoms with Gasteiger partial charge in [-0.2, -0.15) is 13.2 Å². The Morgan fingerprint density at radius 3 is 2.80 bits per heavy atom. The van der Waals surface area contributed by atoms with Gasteiger partial charge in [-0.1, -0.05) is 36.4 Å². The van der Waals surface area contributed by atoms with E-state index in [0.29, 0.717) is 24.0 Å². The van der Waals surface area contributed by atoms with Crippen LogP contribution in [0.3, 0.4) is 0 Å². The van der Waals surface area contributed by atoms with Crippen molar-refractivity contribution in [3.8, 4) is 0 Å². The maximum absolute atomic E-state index is 13.0. The van der Waals surface area contributed by atoms with E-state index in [1.165, 1.54) is 12.1 Å². The fourth-order valence-electron chi connectivity index (χ4n) is 3.93. The molecule has 1 heterocycles. The van der Waals surface area contributed by atoms with E-state index in [2.05, 4.69) is 5.32 Å². The van der Waals surface area contributed by atoms with E-state index in [1.54, 1.807) is 12.1 Å². The van der Waals surface area contributed by atoms with Gasteiger partial charge in [0.25, 0.3) is 0 Å². The van der Waals surface area contributed by atoms with Crippen molar-refractivity contribution >= 4 is 5.91 Å². The monoisotopic (exact) mass is 350 g/mol. The molecule has 1 aromatic carbocycles. The second kappa shape index (κ2) is 6.67. The van der Waals surface area contributed by atoms with E-state index in [-0.39, 0.29) is 5.92 Å². The molecule has 25 heavy (non-hydrogen) atoms. The first-order valence-corrected chi connectivity index (χ1v) is 8.35. The predicted octanol–water partition coefficient (Wildman–Crippen LogP) is 3.22. The number of carbonyl (C=O) groups excluding carboxylic acids is 1. The largest absolute Gasteiger partial charge is 0.416 e. The molecule has 0 spiro atoms. The number of primary amides is 1. The molecular weight excluding hydrogens is 329 g/mol. The van der Waals surface area contributed by atoms with E-state index >= 15 is 0 Å². The Morgan fingerprint density at radius 2 is 2.16 bits per heavy atom. The minimum Gasteiger partial charge on any atom is -0.366 e. The van der Waals surface area contributed by atoms with Gasteiger partial charge in [0, 0.05) is 11.0 Å². The third kappa shape index (κ3) is 3.79. The molecule has 0 radical (unpaired) electrons. The van der Waals surface area contributed by atoms with Crippen molar-refractivity contribution in [2.24, 2.45) is 17.1 Å². The third-order valence-electron chi connectivity index (χ3n) is 5.22. The lowest BCUT2D eigenvalue weighted by Gasteiger charge is -2.39. The van der Waals surface area contributed by atoms with Crippen LogP contribution in [0.4, 0.5) is 13.2 Å². The molecule has 1 saturated heterocycles. The van der Waals surface area contributed by atoms with Crippen LogP contribution >= 0.6 is 0 Å². The zero-order chi connectivity index (χ0) is 18.1. The van der Waals surface area contributed by atoms with Crippen LogP contribution in [0.1, 0.15) is 24.0 Å². The number of hydrogen-bond acceptors (Lipinski definition) is 2. The zero-order valence-electron chi connectivity index (χ0n) is 13.8. The number of amides is 1. The number of alkyl halides is 3. The molecule has 3 rings (SSSR count). The molecule has 0 aromatic heterocycles. The topological polar surface area (TPSA) is 55.1 Å². The highest BCUT2D eigenvalue weighted by molar-refractivity contribution is 5.92. The molecule has 134 valence electrons. The number of benzene rings is 1. The summed E-state index contributed by atoms with van der Waals surface area (Å²) in [5.41, 5.74) is 5.57. The van der Waals surface area contributed by atoms with Crippen molar-refractivity contribution in [2.45, 2.75) is 25.4 Å². The van der Waals surface area contributed by atoms with E-state index in [4.69, 9.17) is 5.73 Å². The van der Waals surface area contributed by atoms with Crippen LogP contribution < -0.4 is 11.1 Å². The Balaban J connectivity index is 1.93. The summed E-state index contributed by atoms with van der Waals surface area (Å²) >= 11 is 0. The number of nitrogens with one attached hydrogen (secondary N) is 1. The van der Waals surface area contributed by atoms with Crippen molar-refractivity contribution in [1.82, 2.24) is 5.32 Å². The van der Waals surface area contributed by atoms with Gasteiger partial charge in [-0.15, -0.1) is 0 Å². The molecule has 2 atom stereocenters. The summed E-state index contributed by atoms with van der Waals surface area (Å²) in [6.45, 7) is 1.66. The van der Waals surface area contributed by atoms with Crippen molar-refractivity contribution in [3.05, 3.63) is 59.2 Å². The average molecular weight is 350 g/mol. The molecular formula is C19H21F3N2O. The summed E-state index contributed by atoms with van der Waals surface area (Å²) in [5, 5.41) is 3.31. The summed E-state index contributed by atoms with van der Waals surface area (Å²) in [4.78, 5) is 11.7. The van der Waals surface area contributed by atoms with Gasteiger partial charge < -0.3 is 11.1 Å². The molecule has 6 heteroatoms. The van der Waals surface area contributed by atoms with E-state index in [9.17, 15) is 18.0 Å². The number of rotatable bonds is 4. The summed E-state index contributed by atoms with van der Waals surface area (Å²) in [5.74, 6) is -0.218. The minimum atomic E-state index is -4.36. The van der Waals surface area contributed by atoms with Crippen LogP contribution in [-0.4, -0.2) is 19.0 Å². The lowest BCUT2D eigenvalue weighted by Crippen LogP contribution is -2.36. The predicted molar refractivity (Wildman–Crippen MR) is 89.6 cm³/mol. The Hall–Kier alpha value is -2.08. The van der Waals surface area contributed by atoms with Gasteiger partial charge in [0.15, 0.2) is 0 Å². The Labute approximate surface area is 144 Å². The molecule has 1 aliphatic carbocycles. The van der Waals surface area contributed by atoms with Crippen molar-refractivity contribution in [2.75, 3.05) is 13.1 Å². The Morgan fingerprint density at radius 1 is 1.36 bits per heavy atom. The number of carbonyl (C=O) groups is 1. The van der Waals surface area contributed by atoms with Crippen LogP contribution in [0.5, 0.6) is 0 Å². The quantitative estimate of drug-likeness (QED) is 0.876. The van der Waals surface area contributed by atoms with Gasteiger partial charge in [0.05, 0.1) is 5.56 Å². The molecule has 1 amide bonds. The van der Waals surface area contributed by atoms with Gasteiger partial charge >= 0.3 is 6.18 Å². The highest BCUT2D eigenvalue weighted by Crippen LogP contribution is 2.44. The van der Waals surface area contributed by atoms with Crippen LogP contribution in [0.25, 0.3) is 0 Å². The highest BCUT2D eigenvalue weighted by Gasteiger charge is 2.41. The maximum atomic E-state index is 13.0. The molecule has 0 saturated carbocycles. The average Bonchev–Trinajstić information content (AvgIpc) is 3.10. The normalized spacial score (nSPS) is 26.5. The van der Waals surface area contributed by atoms with Gasteiger partial charge in [0.1, 0.15) is 0 Å².